The van der Waals surface area contributed by atoms with Crippen molar-refractivity contribution >= 4 is 34.9 Å². The molecule has 1 amide bonds. The Morgan fingerprint density at radius 2 is 1.67 bits per heavy atom. The number of halogens is 2. The molecule has 0 saturated carbocycles. The number of carbonyl (C=O) groups excluding carboxylic acids is 1. The topological polar surface area (TPSA) is 29.5 Å². The Labute approximate surface area is 204 Å². The van der Waals surface area contributed by atoms with Crippen LogP contribution in [0.2, 0.25) is 10.0 Å². The van der Waals surface area contributed by atoms with E-state index >= 15 is 0 Å². The fourth-order valence-corrected chi connectivity index (χ4v) is 4.43. The molecule has 0 radical (unpaired) electrons. The van der Waals surface area contributed by atoms with Gasteiger partial charge in [0.25, 0.3) is 0 Å². The molecule has 3 aromatic rings. The Morgan fingerprint density at radius 1 is 1.00 bits per heavy atom. The summed E-state index contributed by atoms with van der Waals surface area (Å²) in [7, 11) is 0. The van der Waals surface area contributed by atoms with E-state index in [2.05, 4.69) is 5.92 Å². The molecular weight excluding hydrogens is 453 g/mol. The molecule has 1 aliphatic heterocycles. The maximum absolute atomic E-state index is 13.3. The smallest absolute Gasteiger partial charge is 0.410 e. The minimum Gasteiger partial charge on any atom is -0.410 e. The van der Waals surface area contributed by atoms with E-state index in [0.717, 1.165) is 33.4 Å². The molecule has 0 bridgehead atoms. The molecule has 1 heterocycles. The maximum Gasteiger partial charge on any atom is 0.416 e. The third kappa shape index (κ3) is 4.93. The Hall–Kier alpha value is -3.19. The second-order valence-corrected chi connectivity index (χ2v) is 8.95. The van der Waals surface area contributed by atoms with Crippen LogP contribution in [0.3, 0.4) is 0 Å². The van der Waals surface area contributed by atoms with Gasteiger partial charge in [-0.15, -0.1) is 6.42 Å². The van der Waals surface area contributed by atoms with Gasteiger partial charge in [-0.3, -0.25) is 4.90 Å². The van der Waals surface area contributed by atoms with Crippen LogP contribution in [0.25, 0.3) is 5.57 Å². The third-order valence-electron chi connectivity index (χ3n) is 5.84. The number of terminal acetylenes is 1. The number of rotatable bonds is 3. The summed E-state index contributed by atoms with van der Waals surface area (Å²) >= 11 is 12.3. The van der Waals surface area contributed by atoms with E-state index < -0.39 is 12.1 Å². The van der Waals surface area contributed by atoms with E-state index in [4.69, 9.17) is 34.4 Å². The van der Waals surface area contributed by atoms with E-state index in [1.807, 2.05) is 56.3 Å². The predicted octanol–water partition coefficient (Wildman–Crippen LogP) is 7.64. The zero-order valence-corrected chi connectivity index (χ0v) is 20.0. The van der Waals surface area contributed by atoms with Gasteiger partial charge in [0.05, 0.1) is 6.04 Å². The SMILES string of the molecule is C#CC1=C(c2cc(Cl)ccc2C)CCN(C(=O)Oc2ccc(Cl)cc2)C1c1ccc(C)cc1. The summed E-state index contributed by atoms with van der Waals surface area (Å²) < 4.78 is 5.68. The Kier molecular flexibility index (Phi) is 6.79. The summed E-state index contributed by atoms with van der Waals surface area (Å²) in [4.78, 5) is 15.0. The third-order valence-corrected chi connectivity index (χ3v) is 6.33. The van der Waals surface area contributed by atoms with Gasteiger partial charge >= 0.3 is 6.09 Å². The highest BCUT2D eigenvalue weighted by Gasteiger charge is 2.35. The van der Waals surface area contributed by atoms with Crippen molar-refractivity contribution in [3.05, 3.63) is 105 Å². The Balaban J connectivity index is 1.80. The fourth-order valence-electron chi connectivity index (χ4n) is 4.14. The van der Waals surface area contributed by atoms with Crippen molar-refractivity contribution in [1.82, 2.24) is 4.90 Å². The highest BCUT2D eigenvalue weighted by atomic mass is 35.5. The normalized spacial score (nSPS) is 15.8. The molecule has 0 aromatic heterocycles. The second-order valence-electron chi connectivity index (χ2n) is 8.07. The van der Waals surface area contributed by atoms with Crippen molar-refractivity contribution in [2.45, 2.75) is 26.3 Å². The quantitative estimate of drug-likeness (QED) is 0.364. The van der Waals surface area contributed by atoms with Crippen molar-refractivity contribution < 1.29 is 9.53 Å². The summed E-state index contributed by atoms with van der Waals surface area (Å²) in [5.74, 6) is 3.31. The summed E-state index contributed by atoms with van der Waals surface area (Å²) in [6, 6.07) is 20.1. The van der Waals surface area contributed by atoms with Crippen molar-refractivity contribution in [2.75, 3.05) is 6.54 Å². The molecule has 5 heteroatoms. The highest BCUT2D eigenvalue weighted by molar-refractivity contribution is 6.31. The first-order valence-electron chi connectivity index (χ1n) is 10.6. The van der Waals surface area contributed by atoms with Crippen LogP contribution in [-0.2, 0) is 0 Å². The van der Waals surface area contributed by atoms with Crippen LogP contribution in [0.15, 0.2) is 72.3 Å². The lowest BCUT2D eigenvalue weighted by molar-refractivity contribution is 0.138. The number of benzene rings is 3. The van der Waals surface area contributed by atoms with Crippen LogP contribution in [-0.4, -0.2) is 17.5 Å². The molecule has 4 rings (SSSR count). The molecule has 1 atom stereocenters. The number of carbonyl (C=O) groups is 1. The monoisotopic (exact) mass is 475 g/mol. The first-order valence-corrected chi connectivity index (χ1v) is 11.4. The van der Waals surface area contributed by atoms with Gasteiger partial charge in [-0.1, -0.05) is 65.0 Å². The van der Waals surface area contributed by atoms with Crippen molar-refractivity contribution in [2.24, 2.45) is 0 Å². The van der Waals surface area contributed by atoms with Crippen molar-refractivity contribution in [1.29, 1.82) is 0 Å². The van der Waals surface area contributed by atoms with Crippen LogP contribution < -0.4 is 4.74 Å². The van der Waals surface area contributed by atoms with Crippen LogP contribution >= 0.6 is 23.2 Å². The van der Waals surface area contributed by atoms with Gasteiger partial charge < -0.3 is 4.74 Å². The van der Waals surface area contributed by atoms with Gasteiger partial charge in [0.15, 0.2) is 0 Å². The lowest BCUT2D eigenvalue weighted by Crippen LogP contribution is -2.41. The summed E-state index contributed by atoms with van der Waals surface area (Å²) in [6.45, 7) is 4.52. The standard InChI is InChI=1S/C28H23Cl2NO2/c1-4-24-25(26-17-22(30)10-7-19(26)3)15-16-31(27(24)20-8-5-18(2)6-9-20)28(32)33-23-13-11-21(29)12-14-23/h1,5-14,17,27H,15-16H2,2-3H3. The lowest BCUT2D eigenvalue weighted by atomic mass is 9.84. The molecule has 0 fully saturated rings. The molecule has 0 spiro atoms. The fraction of sp³-hybridized carbons (Fsp3) is 0.179. The van der Waals surface area contributed by atoms with Gasteiger partial charge in [0.1, 0.15) is 5.75 Å². The van der Waals surface area contributed by atoms with Crippen molar-refractivity contribution in [3.8, 4) is 18.1 Å². The molecule has 1 unspecified atom stereocenters. The minimum atomic E-state index is -0.461. The van der Waals surface area contributed by atoms with Gasteiger partial charge in [0, 0.05) is 22.2 Å². The molecule has 0 saturated heterocycles. The van der Waals surface area contributed by atoms with Gasteiger partial charge in [-0.2, -0.15) is 0 Å². The molecular formula is C28H23Cl2NO2. The Morgan fingerprint density at radius 3 is 2.33 bits per heavy atom. The molecule has 3 aromatic carbocycles. The second kappa shape index (κ2) is 9.75. The van der Waals surface area contributed by atoms with E-state index in [1.54, 1.807) is 29.2 Å². The largest absolute Gasteiger partial charge is 0.416 e. The zero-order chi connectivity index (χ0) is 23.5. The molecule has 3 nitrogen and oxygen atoms in total. The molecule has 0 N–H and O–H groups in total. The maximum atomic E-state index is 13.3. The minimum absolute atomic E-state index is 0.426. The van der Waals surface area contributed by atoms with Gasteiger partial charge in [-0.25, -0.2) is 4.79 Å². The predicted molar refractivity (Wildman–Crippen MR) is 135 cm³/mol. The summed E-state index contributed by atoms with van der Waals surface area (Å²) in [6.07, 6.45) is 6.21. The zero-order valence-electron chi connectivity index (χ0n) is 18.4. The van der Waals surface area contributed by atoms with Crippen LogP contribution in [0, 0.1) is 26.2 Å². The average Bonchev–Trinajstić information content (AvgIpc) is 2.81. The molecule has 1 aliphatic rings. The number of hydrogen-bond donors (Lipinski definition) is 0. The Bertz CT molecular complexity index is 1250. The van der Waals surface area contributed by atoms with Crippen molar-refractivity contribution in [3.63, 3.8) is 0 Å². The van der Waals surface area contributed by atoms with E-state index in [-0.39, 0.29) is 0 Å². The van der Waals surface area contributed by atoms with E-state index in [1.165, 1.54) is 0 Å². The molecule has 0 aliphatic carbocycles. The number of ether oxygens (including phenoxy) is 1. The number of hydrogen-bond acceptors (Lipinski definition) is 2. The first kappa shape index (κ1) is 23.0. The summed E-state index contributed by atoms with van der Waals surface area (Å²) in [5, 5.41) is 1.22. The summed E-state index contributed by atoms with van der Waals surface area (Å²) in [5.41, 5.74) is 5.92. The van der Waals surface area contributed by atoms with E-state index in [0.29, 0.717) is 28.8 Å². The van der Waals surface area contributed by atoms with Crippen LogP contribution in [0.5, 0.6) is 5.75 Å². The average molecular weight is 476 g/mol. The van der Waals surface area contributed by atoms with E-state index in [9.17, 15) is 4.79 Å². The lowest BCUT2D eigenvalue weighted by Gasteiger charge is -2.37. The highest BCUT2D eigenvalue weighted by Crippen LogP contribution is 2.41. The van der Waals surface area contributed by atoms with Crippen LogP contribution in [0.4, 0.5) is 4.79 Å². The molecule has 166 valence electrons. The van der Waals surface area contributed by atoms with Gasteiger partial charge in [0.2, 0.25) is 0 Å². The molecule has 33 heavy (non-hydrogen) atoms. The first-order chi connectivity index (χ1) is 15.9. The number of nitrogens with zero attached hydrogens (tertiary/aromatic N) is 1. The number of aryl methyl sites for hydroxylation is 2. The van der Waals surface area contributed by atoms with Crippen LogP contribution in [0.1, 0.15) is 34.7 Å². The van der Waals surface area contributed by atoms with Gasteiger partial charge in [-0.05, 0) is 78.9 Å². The number of amides is 1.